The van der Waals surface area contributed by atoms with Gasteiger partial charge in [-0.15, -0.1) is 5.10 Å². The van der Waals surface area contributed by atoms with Crippen LogP contribution in [0.2, 0.25) is 10.6 Å². The summed E-state index contributed by atoms with van der Waals surface area (Å²) < 4.78 is 1.52. The van der Waals surface area contributed by atoms with Gasteiger partial charge in [-0.1, -0.05) is 0 Å². The zero-order chi connectivity index (χ0) is 6.85. The van der Waals surface area contributed by atoms with Crippen LogP contribution in [0.5, 0.6) is 0 Å². The summed E-state index contributed by atoms with van der Waals surface area (Å²) in [6.45, 7) is 2.61. The second kappa shape index (κ2) is 2.54. The topological polar surface area (TPSA) is 30.7 Å². The van der Waals surface area contributed by atoms with Crippen LogP contribution in [0.25, 0.3) is 0 Å². The summed E-state index contributed by atoms with van der Waals surface area (Å²) >= 11 is 11.0. The lowest BCUT2D eigenvalue weighted by Crippen LogP contribution is -1.95. The molecule has 0 radical (unpaired) electrons. The summed E-state index contributed by atoms with van der Waals surface area (Å²) in [6.07, 6.45) is 0. The number of nitrogens with zero attached hydrogens (tertiary/aromatic N) is 3. The van der Waals surface area contributed by atoms with E-state index in [2.05, 4.69) is 10.1 Å². The highest BCUT2D eigenvalue weighted by Crippen LogP contribution is 2.08. The predicted octanol–water partition coefficient (Wildman–Crippen LogP) is 1.60. The van der Waals surface area contributed by atoms with E-state index in [-0.39, 0.29) is 5.28 Å². The molecule has 1 aromatic heterocycles. The van der Waals surface area contributed by atoms with Crippen molar-refractivity contribution in [3.63, 3.8) is 0 Å². The smallest absolute Gasteiger partial charge is 0.235 e. The highest BCUT2D eigenvalue weighted by molar-refractivity contribution is 6.31. The molecule has 0 bridgehead atoms. The van der Waals surface area contributed by atoms with Crippen molar-refractivity contribution in [1.82, 2.24) is 14.8 Å². The second-order valence-electron chi connectivity index (χ2n) is 1.47. The van der Waals surface area contributed by atoms with E-state index in [0.717, 1.165) is 0 Å². The van der Waals surface area contributed by atoms with Crippen LogP contribution >= 0.6 is 23.2 Å². The predicted molar refractivity (Wildman–Crippen MR) is 35.7 cm³/mol. The van der Waals surface area contributed by atoms with Crippen LogP contribution in [0.3, 0.4) is 0 Å². The minimum Gasteiger partial charge on any atom is -0.235 e. The lowest BCUT2D eigenvalue weighted by molar-refractivity contribution is 0.659. The summed E-state index contributed by atoms with van der Waals surface area (Å²) in [6, 6.07) is 0. The molecule has 0 fully saturated rings. The maximum absolute atomic E-state index is 5.55. The van der Waals surface area contributed by atoms with E-state index in [0.29, 0.717) is 11.8 Å². The van der Waals surface area contributed by atoms with Gasteiger partial charge in [-0.2, -0.15) is 4.98 Å². The Balaban J connectivity index is 3.01. The van der Waals surface area contributed by atoms with Gasteiger partial charge >= 0.3 is 0 Å². The van der Waals surface area contributed by atoms with Crippen molar-refractivity contribution >= 4 is 23.2 Å². The van der Waals surface area contributed by atoms with Crippen molar-refractivity contribution in [3.05, 3.63) is 10.6 Å². The van der Waals surface area contributed by atoms with E-state index in [1.54, 1.807) is 0 Å². The first-order valence-electron chi connectivity index (χ1n) is 2.50. The Morgan fingerprint density at radius 3 is 2.44 bits per heavy atom. The molecule has 0 aromatic carbocycles. The molecule has 1 rings (SSSR count). The van der Waals surface area contributed by atoms with Gasteiger partial charge in [-0.25, -0.2) is 4.68 Å². The Bertz CT molecular complexity index is 208. The van der Waals surface area contributed by atoms with Crippen LogP contribution in [0.4, 0.5) is 0 Å². The van der Waals surface area contributed by atoms with Crippen molar-refractivity contribution in [2.24, 2.45) is 0 Å². The molecule has 0 aliphatic heterocycles. The summed E-state index contributed by atoms with van der Waals surface area (Å²) in [5, 5.41) is 4.30. The molecule has 0 saturated carbocycles. The lowest BCUT2D eigenvalue weighted by Gasteiger charge is -1.90. The van der Waals surface area contributed by atoms with Crippen LogP contribution in [-0.2, 0) is 6.54 Å². The fourth-order valence-electron chi connectivity index (χ4n) is 0.498. The molecule has 1 heterocycles. The van der Waals surface area contributed by atoms with Crippen molar-refractivity contribution in [3.8, 4) is 0 Å². The van der Waals surface area contributed by atoms with Gasteiger partial charge in [-0.3, -0.25) is 0 Å². The van der Waals surface area contributed by atoms with Crippen LogP contribution in [0, 0.1) is 0 Å². The molecule has 9 heavy (non-hydrogen) atoms. The molecule has 5 heteroatoms. The third-order valence-electron chi connectivity index (χ3n) is 0.900. The normalized spacial score (nSPS) is 10.1. The summed E-state index contributed by atoms with van der Waals surface area (Å²) in [7, 11) is 0. The average Bonchev–Trinajstić information content (AvgIpc) is 2.10. The van der Waals surface area contributed by atoms with Gasteiger partial charge < -0.3 is 0 Å². The highest BCUT2D eigenvalue weighted by Gasteiger charge is 2.01. The van der Waals surface area contributed by atoms with Gasteiger partial charge in [0, 0.05) is 6.54 Å². The Morgan fingerprint density at radius 2 is 2.22 bits per heavy atom. The Labute approximate surface area is 62.6 Å². The van der Waals surface area contributed by atoms with Crippen molar-refractivity contribution < 1.29 is 0 Å². The Kier molecular flexibility index (Phi) is 1.93. The quantitative estimate of drug-likeness (QED) is 0.634. The summed E-state index contributed by atoms with van der Waals surface area (Å²) in [5.41, 5.74) is 0. The third-order valence-corrected chi connectivity index (χ3v) is 1.34. The third kappa shape index (κ3) is 1.34. The van der Waals surface area contributed by atoms with E-state index < -0.39 is 0 Å². The van der Waals surface area contributed by atoms with E-state index in [4.69, 9.17) is 23.2 Å². The monoisotopic (exact) mass is 165 g/mol. The Morgan fingerprint density at radius 1 is 1.56 bits per heavy atom. The molecule has 50 valence electrons. The highest BCUT2D eigenvalue weighted by atomic mass is 35.5. The fourth-order valence-corrected chi connectivity index (χ4v) is 0.950. The second-order valence-corrected chi connectivity index (χ2v) is 2.14. The number of hydrogen-bond acceptors (Lipinski definition) is 2. The molecule has 0 N–H and O–H groups in total. The average molecular weight is 166 g/mol. The molecule has 1 aromatic rings. The van der Waals surface area contributed by atoms with Gasteiger partial charge in [-0.05, 0) is 30.1 Å². The molecule has 0 aliphatic carbocycles. The van der Waals surface area contributed by atoms with Crippen molar-refractivity contribution in [2.45, 2.75) is 13.5 Å². The number of rotatable bonds is 1. The minimum absolute atomic E-state index is 0.196. The maximum Gasteiger partial charge on any atom is 0.243 e. The van der Waals surface area contributed by atoms with Gasteiger partial charge in [0.05, 0.1) is 0 Å². The molecular formula is C4H5Cl2N3. The molecular weight excluding hydrogens is 161 g/mol. The van der Waals surface area contributed by atoms with Crippen LogP contribution in [0.15, 0.2) is 0 Å². The molecule has 0 spiro atoms. The number of aryl methyl sites for hydroxylation is 1. The minimum atomic E-state index is 0.196. The number of hydrogen-bond donors (Lipinski definition) is 0. The standard InChI is InChI=1S/C4H5Cl2N3/c1-2-9-4(6)7-3(5)8-9/h2H2,1H3. The first kappa shape index (κ1) is 6.83. The van der Waals surface area contributed by atoms with Gasteiger partial charge in [0.25, 0.3) is 0 Å². The van der Waals surface area contributed by atoms with E-state index >= 15 is 0 Å². The van der Waals surface area contributed by atoms with Crippen LogP contribution in [-0.4, -0.2) is 14.8 Å². The largest absolute Gasteiger partial charge is 0.243 e. The summed E-state index contributed by atoms with van der Waals surface area (Å²) in [4.78, 5) is 3.66. The molecule has 0 aliphatic rings. The lowest BCUT2D eigenvalue weighted by atomic mass is 10.8. The van der Waals surface area contributed by atoms with Crippen LogP contribution < -0.4 is 0 Å². The van der Waals surface area contributed by atoms with E-state index in [1.165, 1.54) is 4.68 Å². The maximum atomic E-state index is 5.55. The molecule has 0 unspecified atom stereocenters. The fraction of sp³-hybridized carbons (Fsp3) is 0.500. The first-order valence-corrected chi connectivity index (χ1v) is 3.25. The first-order chi connectivity index (χ1) is 4.24. The van der Waals surface area contributed by atoms with E-state index in [1.807, 2.05) is 6.92 Å². The zero-order valence-electron chi connectivity index (χ0n) is 4.80. The Hall–Kier alpha value is -0.280. The van der Waals surface area contributed by atoms with Gasteiger partial charge in [0.1, 0.15) is 0 Å². The molecule has 0 saturated heterocycles. The number of aromatic nitrogens is 3. The molecule has 0 amide bonds. The van der Waals surface area contributed by atoms with Gasteiger partial charge in [0.2, 0.25) is 10.6 Å². The molecule has 0 atom stereocenters. The van der Waals surface area contributed by atoms with Crippen molar-refractivity contribution in [2.75, 3.05) is 0 Å². The van der Waals surface area contributed by atoms with Crippen molar-refractivity contribution in [1.29, 1.82) is 0 Å². The summed E-state index contributed by atoms with van der Waals surface area (Å²) in [5.74, 6) is 0. The number of halogens is 2. The van der Waals surface area contributed by atoms with Gasteiger partial charge in [0.15, 0.2) is 0 Å². The zero-order valence-corrected chi connectivity index (χ0v) is 6.32. The van der Waals surface area contributed by atoms with E-state index in [9.17, 15) is 0 Å². The van der Waals surface area contributed by atoms with Crippen LogP contribution in [0.1, 0.15) is 6.92 Å². The SMILES string of the molecule is CCn1nc(Cl)nc1Cl. The molecule has 3 nitrogen and oxygen atoms in total.